The van der Waals surface area contributed by atoms with Crippen molar-refractivity contribution in [1.82, 2.24) is 15.2 Å². The van der Waals surface area contributed by atoms with Gasteiger partial charge in [0.15, 0.2) is 11.6 Å². The lowest BCUT2D eigenvalue weighted by Gasteiger charge is -1.98. The van der Waals surface area contributed by atoms with E-state index >= 15 is 0 Å². The van der Waals surface area contributed by atoms with E-state index in [2.05, 4.69) is 15.2 Å². The van der Waals surface area contributed by atoms with Gasteiger partial charge in [-0.3, -0.25) is 5.10 Å². The van der Waals surface area contributed by atoms with Crippen LogP contribution in [0.2, 0.25) is 0 Å². The van der Waals surface area contributed by atoms with Crippen LogP contribution >= 0.6 is 0 Å². The van der Waals surface area contributed by atoms with E-state index in [1.54, 1.807) is 6.07 Å². The van der Waals surface area contributed by atoms with Crippen LogP contribution in [0.4, 0.5) is 10.1 Å². The number of halogens is 1. The predicted molar refractivity (Wildman–Crippen MR) is 71.6 cm³/mol. The molecule has 0 unspecified atom stereocenters. The quantitative estimate of drug-likeness (QED) is 0.691. The molecule has 0 fully saturated rings. The number of hydrogen-bond donors (Lipinski definition) is 2. The van der Waals surface area contributed by atoms with Crippen molar-refractivity contribution in [1.29, 1.82) is 0 Å². The molecule has 0 aliphatic heterocycles. The summed E-state index contributed by atoms with van der Waals surface area (Å²) in [6.45, 7) is 0. The molecule has 0 bridgehead atoms. The normalized spacial score (nSPS) is 10.6. The second-order valence-electron chi connectivity index (χ2n) is 4.11. The first kappa shape index (κ1) is 11.4. The van der Waals surface area contributed by atoms with Gasteiger partial charge in [-0.05, 0) is 18.2 Å². The number of nitrogens with two attached hydrogens (primary N) is 1. The summed E-state index contributed by atoms with van der Waals surface area (Å²) in [5.74, 6) is 0.620. The fourth-order valence-corrected chi connectivity index (χ4v) is 1.78. The van der Waals surface area contributed by atoms with Crippen LogP contribution in [0.25, 0.3) is 22.8 Å². The van der Waals surface area contributed by atoms with Crippen molar-refractivity contribution in [3.8, 4) is 22.8 Å². The standard InChI is InChI=1S/C14H11FN4/c15-11-8-10(6-7-12(11)16)14-17-13(18-19-14)9-4-2-1-3-5-9/h1-8H,16H2,(H,17,18,19). The number of nitrogens with zero attached hydrogens (tertiary/aromatic N) is 2. The maximum Gasteiger partial charge on any atom is 0.181 e. The largest absolute Gasteiger partial charge is 0.396 e. The summed E-state index contributed by atoms with van der Waals surface area (Å²) < 4.78 is 13.4. The molecule has 19 heavy (non-hydrogen) atoms. The number of aromatic nitrogens is 3. The first-order chi connectivity index (χ1) is 9.24. The molecule has 3 rings (SSSR count). The average Bonchev–Trinajstić information content (AvgIpc) is 2.93. The zero-order valence-electron chi connectivity index (χ0n) is 9.97. The summed E-state index contributed by atoms with van der Waals surface area (Å²) in [5.41, 5.74) is 7.07. The number of H-pyrrole nitrogens is 1. The highest BCUT2D eigenvalue weighted by atomic mass is 19.1. The Balaban J connectivity index is 1.99. The third-order valence-corrected chi connectivity index (χ3v) is 2.79. The predicted octanol–water partition coefficient (Wildman–Crippen LogP) is 2.86. The van der Waals surface area contributed by atoms with Crippen LogP contribution in [-0.2, 0) is 0 Å². The van der Waals surface area contributed by atoms with Crippen LogP contribution in [-0.4, -0.2) is 15.2 Å². The van der Waals surface area contributed by atoms with Crippen LogP contribution < -0.4 is 5.73 Å². The topological polar surface area (TPSA) is 67.6 Å². The van der Waals surface area contributed by atoms with Crippen molar-refractivity contribution < 1.29 is 4.39 Å². The molecule has 0 radical (unpaired) electrons. The molecule has 0 spiro atoms. The smallest absolute Gasteiger partial charge is 0.181 e. The molecule has 94 valence electrons. The van der Waals surface area contributed by atoms with Gasteiger partial charge in [-0.25, -0.2) is 9.37 Å². The van der Waals surface area contributed by atoms with E-state index in [1.165, 1.54) is 12.1 Å². The zero-order chi connectivity index (χ0) is 13.2. The van der Waals surface area contributed by atoms with Crippen molar-refractivity contribution >= 4 is 5.69 Å². The van der Waals surface area contributed by atoms with E-state index in [1.807, 2.05) is 30.3 Å². The number of nitrogen functional groups attached to an aromatic ring is 1. The fourth-order valence-electron chi connectivity index (χ4n) is 1.78. The van der Waals surface area contributed by atoms with Crippen molar-refractivity contribution in [2.24, 2.45) is 0 Å². The number of aromatic amines is 1. The highest BCUT2D eigenvalue weighted by Crippen LogP contribution is 2.22. The Morgan fingerprint density at radius 2 is 1.79 bits per heavy atom. The van der Waals surface area contributed by atoms with Crippen LogP contribution in [0.3, 0.4) is 0 Å². The van der Waals surface area contributed by atoms with E-state index in [0.717, 1.165) is 5.56 Å². The van der Waals surface area contributed by atoms with Crippen LogP contribution in [0, 0.1) is 5.82 Å². The first-order valence-electron chi connectivity index (χ1n) is 5.77. The van der Waals surface area contributed by atoms with Gasteiger partial charge in [-0.2, -0.15) is 5.10 Å². The molecule has 4 nitrogen and oxygen atoms in total. The molecular formula is C14H11FN4. The van der Waals surface area contributed by atoms with Gasteiger partial charge in [0.1, 0.15) is 5.82 Å². The van der Waals surface area contributed by atoms with E-state index in [4.69, 9.17) is 5.73 Å². The SMILES string of the molecule is Nc1ccc(-c2n[nH]c(-c3ccccc3)n2)cc1F. The van der Waals surface area contributed by atoms with Crippen molar-refractivity contribution in [3.05, 3.63) is 54.3 Å². The Labute approximate surface area is 109 Å². The van der Waals surface area contributed by atoms with Crippen molar-refractivity contribution in [2.75, 3.05) is 5.73 Å². The maximum atomic E-state index is 13.4. The van der Waals surface area contributed by atoms with Gasteiger partial charge < -0.3 is 5.73 Å². The Kier molecular flexibility index (Phi) is 2.72. The van der Waals surface area contributed by atoms with Gasteiger partial charge in [0.2, 0.25) is 0 Å². The Hall–Kier alpha value is -2.69. The molecule has 0 amide bonds. The number of nitrogens with one attached hydrogen (secondary N) is 1. The summed E-state index contributed by atoms with van der Waals surface area (Å²) in [4.78, 5) is 4.35. The van der Waals surface area contributed by atoms with E-state index in [9.17, 15) is 4.39 Å². The van der Waals surface area contributed by atoms with Crippen LogP contribution in [0.15, 0.2) is 48.5 Å². The highest BCUT2D eigenvalue weighted by Gasteiger charge is 2.09. The summed E-state index contributed by atoms with van der Waals surface area (Å²) >= 11 is 0. The number of anilines is 1. The van der Waals surface area contributed by atoms with Crippen molar-refractivity contribution in [3.63, 3.8) is 0 Å². The van der Waals surface area contributed by atoms with Crippen LogP contribution in [0.1, 0.15) is 0 Å². The molecule has 0 atom stereocenters. The highest BCUT2D eigenvalue weighted by molar-refractivity contribution is 5.63. The Morgan fingerprint density at radius 3 is 2.53 bits per heavy atom. The molecule has 2 aromatic carbocycles. The summed E-state index contributed by atoms with van der Waals surface area (Å²) in [5, 5.41) is 6.93. The molecular weight excluding hydrogens is 243 g/mol. The zero-order valence-corrected chi connectivity index (χ0v) is 9.97. The van der Waals surface area contributed by atoms with Crippen LogP contribution in [0.5, 0.6) is 0 Å². The van der Waals surface area contributed by atoms with Gasteiger partial charge in [0.25, 0.3) is 0 Å². The summed E-state index contributed by atoms with van der Waals surface area (Å²) in [6.07, 6.45) is 0. The van der Waals surface area contributed by atoms with Gasteiger partial charge in [-0.1, -0.05) is 30.3 Å². The third kappa shape index (κ3) is 2.18. The lowest BCUT2D eigenvalue weighted by molar-refractivity contribution is 0.633. The van der Waals surface area contributed by atoms with Crippen molar-refractivity contribution in [2.45, 2.75) is 0 Å². The lowest BCUT2D eigenvalue weighted by atomic mass is 10.2. The van der Waals surface area contributed by atoms with Gasteiger partial charge >= 0.3 is 0 Å². The minimum absolute atomic E-state index is 0.113. The summed E-state index contributed by atoms with van der Waals surface area (Å²) in [7, 11) is 0. The Morgan fingerprint density at radius 1 is 1.00 bits per heavy atom. The van der Waals surface area contributed by atoms with E-state index in [-0.39, 0.29) is 5.69 Å². The number of benzene rings is 2. The number of hydrogen-bond acceptors (Lipinski definition) is 3. The first-order valence-corrected chi connectivity index (χ1v) is 5.77. The van der Waals surface area contributed by atoms with E-state index in [0.29, 0.717) is 17.2 Å². The molecule has 3 aromatic rings. The molecule has 0 aliphatic rings. The molecule has 0 aliphatic carbocycles. The lowest BCUT2D eigenvalue weighted by Crippen LogP contribution is -1.91. The van der Waals surface area contributed by atoms with Gasteiger partial charge in [-0.15, -0.1) is 0 Å². The number of rotatable bonds is 2. The molecule has 1 heterocycles. The summed E-state index contributed by atoms with van der Waals surface area (Å²) in [6, 6.07) is 14.1. The minimum Gasteiger partial charge on any atom is -0.396 e. The monoisotopic (exact) mass is 254 g/mol. The second kappa shape index (κ2) is 4.53. The fraction of sp³-hybridized carbons (Fsp3) is 0. The molecule has 5 heteroatoms. The second-order valence-corrected chi connectivity index (χ2v) is 4.11. The molecule has 1 aromatic heterocycles. The molecule has 0 saturated carbocycles. The third-order valence-electron chi connectivity index (χ3n) is 2.79. The Bertz CT molecular complexity index is 706. The van der Waals surface area contributed by atoms with Gasteiger partial charge in [0.05, 0.1) is 5.69 Å². The maximum absolute atomic E-state index is 13.4. The average molecular weight is 254 g/mol. The molecule has 3 N–H and O–H groups in total. The minimum atomic E-state index is -0.469. The van der Waals surface area contributed by atoms with Gasteiger partial charge in [0, 0.05) is 11.1 Å². The molecule has 0 saturated heterocycles. The van der Waals surface area contributed by atoms with E-state index < -0.39 is 5.82 Å².